The first-order chi connectivity index (χ1) is 22.1. The number of halogens is 1. The molecule has 0 spiro atoms. The highest BCUT2D eigenvalue weighted by Crippen LogP contribution is 2.27. The van der Waals surface area contributed by atoms with Gasteiger partial charge in [0.25, 0.3) is 0 Å². The van der Waals surface area contributed by atoms with Crippen LogP contribution in [-0.2, 0) is 13.6 Å². The van der Waals surface area contributed by atoms with Crippen LogP contribution in [0, 0.1) is 0 Å². The standard InChI is InChI=1S/C38H79BrO3S2Si/c1-5-7-9-11-13-15-17-18-19-20-21-23-26-30-34-40-38(42-45(3,4)41-35-31-27-25-29-33-39)37-44-43-36-32-28-24-22-16-14-12-10-8-6-2/h38H,5-37H2,1-4H3. The Morgan fingerprint density at radius 1 is 0.489 bits per heavy atom. The average Bonchev–Trinajstić information content (AvgIpc) is 3.02. The molecule has 45 heavy (non-hydrogen) atoms. The number of ether oxygens (including phenoxy) is 1. The second kappa shape index (κ2) is 38.1. The summed E-state index contributed by atoms with van der Waals surface area (Å²) in [5.41, 5.74) is 0. The van der Waals surface area contributed by atoms with Gasteiger partial charge in [0.2, 0.25) is 0 Å². The fourth-order valence-corrected chi connectivity index (χ4v) is 9.80. The quantitative estimate of drug-likeness (QED) is 0.0205. The van der Waals surface area contributed by atoms with Gasteiger partial charge in [0.15, 0.2) is 6.29 Å². The van der Waals surface area contributed by atoms with Crippen molar-refractivity contribution < 1.29 is 13.6 Å². The van der Waals surface area contributed by atoms with Crippen molar-refractivity contribution in [1.29, 1.82) is 0 Å². The number of alkyl halides is 1. The molecular formula is C38H79BrO3S2Si. The van der Waals surface area contributed by atoms with Crippen molar-refractivity contribution in [2.24, 2.45) is 0 Å². The second-order valence-electron chi connectivity index (χ2n) is 13.7. The van der Waals surface area contributed by atoms with Gasteiger partial charge in [0.1, 0.15) is 0 Å². The lowest BCUT2D eigenvalue weighted by Gasteiger charge is -2.29. The molecule has 0 aliphatic rings. The summed E-state index contributed by atoms with van der Waals surface area (Å²) in [6.45, 7) is 10.6. The van der Waals surface area contributed by atoms with Crippen LogP contribution in [0.1, 0.15) is 194 Å². The highest BCUT2D eigenvalue weighted by Gasteiger charge is 2.29. The van der Waals surface area contributed by atoms with E-state index in [1.165, 1.54) is 173 Å². The Morgan fingerprint density at radius 2 is 0.889 bits per heavy atom. The van der Waals surface area contributed by atoms with Crippen LogP contribution in [0.15, 0.2) is 0 Å². The van der Waals surface area contributed by atoms with Crippen LogP contribution in [-0.4, -0.2) is 44.9 Å². The van der Waals surface area contributed by atoms with E-state index in [0.717, 1.165) is 37.1 Å². The molecule has 0 radical (unpaired) electrons. The number of rotatable bonds is 39. The zero-order chi connectivity index (χ0) is 32.9. The molecule has 0 rings (SSSR count). The molecule has 0 aromatic rings. The maximum absolute atomic E-state index is 6.54. The number of unbranched alkanes of at least 4 members (excludes halogenated alkanes) is 25. The zero-order valence-corrected chi connectivity index (χ0v) is 35.1. The Kier molecular flexibility index (Phi) is 39.2. The third kappa shape index (κ3) is 37.9. The Bertz CT molecular complexity index is 559. The summed E-state index contributed by atoms with van der Waals surface area (Å²) in [4.78, 5) is 0. The molecule has 272 valence electrons. The van der Waals surface area contributed by atoms with Crippen molar-refractivity contribution in [1.82, 2.24) is 0 Å². The molecule has 0 aliphatic heterocycles. The fraction of sp³-hybridized carbons (Fsp3) is 1.00. The molecule has 0 fully saturated rings. The third-order valence-electron chi connectivity index (χ3n) is 8.56. The molecule has 0 N–H and O–H groups in total. The van der Waals surface area contributed by atoms with E-state index in [1.54, 1.807) is 0 Å². The van der Waals surface area contributed by atoms with Gasteiger partial charge in [-0.1, -0.05) is 205 Å². The first-order valence-electron chi connectivity index (χ1n) is 19.8. The van der Waals surface area contributed by atoms with Gasteiger partial charge in [0.05, 0.1) is 5.75 Å². The SMILES string of the molecule is CCCCCCCCCCCCCCCCOC(CSSCCCCCCCCCCCC)O[Si](C)(C)OCCCCCCBr. The van der Waals surface area contributed by atoms with Gasteiger partial charge in [-0.3, -0.25) is 0 Å². The van der Waals surface area contributed by atoms with Gasteiger partial charge in [-0.2, -0.15) is 0 Å². The molecule has 1 unspecified atom stereocenters. The van der Waals surface area contributed by atoms with Crippen LogP contribution < -0.4 is 0 Å². The van der Waals surface area contributed by atoms with E-state index in [-0.39, 0.29) is 6.29 Å². The highest BCUT2D eigenvalue weighted by atomic mass is 79.9. The zero-order valence-electron chi connectivity index (χ0n) is 30.8. The van der Waals surface area contributed by atoms with Crippen LogP contribution in [0.25, 0.3) is 0 Å². The molecular weight excluding hydrogens is 677 g/mol. The van der Waals surface area contributed by atoms with Crippen LogP contribution in [0.5, 0.6) is 0 Å². The lowest BCUT2D eigenvalue weighted by Crippen LogP contribution is -2.41. The van der Waals surface area contributed by atoms with Crippen LogP contribution in [0.4, 0.5) is 0 Å². The molecule has 1 atom stereocenters. The fourth-order valence-electron chi connectivity index (χ4n) is 5.66. The van der Waals surface area contributed by atoms with E-state index in [2.05, 4.69) is 42.9 Å². The van der Waals surface area contributed by atoms with Gasteiger partial charge in [-0.25, -0.2) is 0 Å². The first kappa shape index (κ1) is 46.3. The first-order valence-corrected chi connectivity index (χ1v) is 26.2. The van der Waals surface area contributed by atoms with Crippen molar-refractivity contribution in [2.75, 3.05) is 30.0 Å². The average molecular weight is 756 g/mol. The van der Waals surface area contributed by atoms with E-state index >= 15 is 0 Å². The van der Waals surface area contributed by atoms with Crippen LogP contribution >= 0.6 is 37.5 Å². The molecule has 7 heteroatoms. The minimum Gasteiger partial charge on any atom is -0.394 e. The molecule has 0 aliphatic carbocycles. The van der Waals surface area contributed by atoms with Crippen molar-refractivity contribution in [3.05, 3.63) is 0 Å². The molecule has 0 heterocycles. The Labute approximate surface area is 301 Å². The smallest absolute Gasteiger partial charge is 0.333 e. The van der Waals surface area contributed by atoms with Crippen molar-refractivity contribution in [3.63, 3.8) is 0 Å². The molecule has 0 saturated heterocycles. The van der Waals surface area contributed by atoms with Crippen molar-refractivity contribution in [3.8, 4) is 0 Å². The maximum atomic E-state index is 6.54. The Morgan fingerprint density at radius 3 is 1.36 bits per heavy atom. The second-order valence-corrected chi connectivity index (χ2v) is 20.4. The minimum absolute atomic E-state index is 0.146. The minimum atomic E-state index is -2.21. The van der Waals surface area contributed by atoms with Gasteiger partial charge in [0, 0.05) is 24.3 Å². The van der Waals surface area contributed by atoms with Crippen LogP contribution in [0.2, 0.25) is 13.1 Å². The summed E-state index contributed by atoms with van der Waals surface area (Å²) in [6.07, 6.45) is 38.2. The Hall–Kier alpha value is 1.28. The summed E-state index contributed by atoms with van der Waals surface area (Å²) >= 11 is 3.53. The number of hydrogen-bond acceptors (Lipinski definition) is 5. The van der Waals surface area contributed by atoms with Crippen LogP contribution in [0.3, 0.4) is 0 Å². The third-order valence-corrected chi connectivity index (χ3v) is 13.3. The number of hydrogen-bond donors (Lipinski definition) is 0. The van der Waals surface area contributed by atoms with Gasteiger partial charge in [-0.15, -0.1) is 0 Å². The monoisotopic (exact) mass is 754 g/mol. The van der Waals surface area contributed by atoms with E-state index in [9.17, 15) is 0 Å². The molecule has 0 aromatic heterocycles. The lowest BCUT2D eigenvalue weighted by atomic mass is 10.0. The topological polar surface area (TPSA) is 27.7 Å². The summed E-state index contributed by atoms with van der Waals surface area (Å²) in [5.74, 6) is 2.13. The predicted octanol–water partition coefficient (Wildman–Crippen LogP) is 14.8. The maximum Gasteiger partial charge on any atom is 0.333 e. The molecule has 3 nitrogen and oxygen atoms in total. The molecule has 0 bridgehead atoms. The lowest BCUT2D eigenvalue weighted by molar-refractivity contribution is -0.0829. The molecule has 0 amide bonds. The summed E-state index contributed by atoms with van der Waals surface area (Å²) < 4.78 is 19.2. The van der Waals surface area contributed by atoms with E-state index in [4.69, 9.17) is 13.6 Å². The van der Waals surface area contributed by atoms with Gasteiger partial charge in [-0.05, 0) is 38.8 Å². The predicted molar refractivity (Wildman–Crippen MR) is 214 cm³/mol. The molecule has 0 saturated carbocycles. The summed E-state index contributed by atoms with van der Waals surface area (Å²) in [5, 5.41) is 1.10. The largest absolute Gasteiger partial charge is 0.394 e. The van der Waals surface area contributed by atoms with Gasteiger partial charge >= 0.3 is 8.56 Å². The summed E-state index contributed by atoms with van der Waals surface area (Å²) in [6, 6.07) is 0. The highest BCUT2D eigenvalue weighted by molar-refractivity contribution is 9.09. The summed E-state index contributed by atoms with van der Waals surface area (Å²) in [7, 11) is 1.73. The Balaban J connectivity index is 4.09. The van der Waals surface area contributed by atoms with E-state index in [0.29, 0.717) is 0 Å². The van der Waals surface area contributed by atoms with E-state index < -0.39 is 8.56 Å². The normalized spacial score (nSPS) is 12.7. The molecule has 0 aromatic carbocycles. The van der Waals surface area contributed by atoms with E-state index in [1.807, 2.05) is 21.6 Å². The van der Waals surface area contributed by atoms with Gasteiger partial charge < -0.3 is 13.6 Å². The van der Waals surface area contributed by atoms with Crippen molar-refractivity contribution in [2.45, 2.75) is 213 Å². The van der Waals surface area contributed by atoms with Crippen molar-refractivity contribution >= 4 is 46.1 Å².